The molecule has 0 aliphatic heterocycles. The summed E-state index contributed by atoms with van der Waals surface area (Å²) >= 11 is 0. The van der Waals surface area contributed by atoms with Gasteiger partial charge in [-0.2, -0.15) is 4.98 Å². The van der Waals surface area contributed by atoms with E-state index in [4.69, 9.17) is 4.74 Å². The lowest BCUT2D eigenvalue weighted by molar-refractivity contribution is 0.102. The molecule has 0 aliphatic rings. The lowest BCUT2D eigenvalue weighted by Gasteiger charge is -2.08. The number of nitrogens with zero attached hydrogens (tertiary/aromatic N) is 2. The number of aryl methyl sites for hydroxylation is 2. The Labute approximate surface area is 115 Å². The molecular formula is C14H14FN3O2. The number of anilines is 1. The molecule has 0 radical (unpaired) electrons. The van der Waals surface area contributed by atoms with Gasteiger partial charge in [0.2, 0.25) is 11.8 Å². The van der Waals surface area contributed by atoms with Crippen LogP contribution in [-0.2, 0) is 0 Å². The molecule has 0 bridgehead atoms. The first kappa shape index (κ1) is 13.9. The van der Waals surface area contributed by atoms with Gasteiger partial charge in [-0.25, -0.2) is 9.37 Å². The third-order valence-electron chi connectivity index (χ3n) is 2.70. The number of ether oxygens (including phenoxy) is 1. The van der Waals surface area contributed by atoms with Crippen molar-refractivity contribution in [2.45, 2.75) is 13.8 Å². The zero-order valence-corrected chi connectivity index (χ0v) is 11.4. The van der Waals surface area contributed by atoms with Gasteiger partial charge in [0.05, 0.1) is 12.7 Å². The molecule has 2 aromatic rings. The van der Waals surface area contributed by atoms with Gasteiger partial charge in [0, 0.05) is 11.8 Å². The number of aromatic nitrogens is 2. The summed E-state index contributed by atoms with van der Waals surface area (Å²) in [5.41, 5.74) is 0.992. The van der Waals surface area contributed by atoms with Crippen LogP contribution in [0.3, 0.4) is 0 Å². The number of rotatable bonds is 3. The third kappa shape index (κ3) is 2.90. The molecule has 104 valence electrons. The van der Waals surface area contributed by atoms with Crippen LogP contribution in [0.15, 0.2) is 24.3 Å². The van der Waals surface area contributed by atoms with Crippen LogP contribution < -0.4 is 10.1 Å². The average molecular weight is 275 g/mol. The quantitative estimate of drug-likeness (QED) is 0.934. The second kappa shape index (κ2) is 5.64. The highest BCUT2D eigenvalue weighted by Crippen LogP contribution is 2.15. The van der Waals surface area contributed by atoms with E-state index in [1.807, 2.05) is 0 Å². The molecule has 1 N–H and O–H groups in total. The normalized spacial score (nSPS) is 10.2. The minimum absolute atomic E-state index is 0.0472. The lowest BCUT2D eigenvalue weighted by Crippen LogP contribution is -2.16. The van der Waals surface area contributed by atoms with Gasteiger partial charge in [-0.15, -0.1) is 0 Å². The van der Waals surface area contributed by atoms with Crippen molar-refractivity contribution in [3.8, 4) is 5.88 Å². The number of hydrogen-bond donors (Lipinski definition) is 1. The number of benzene rings is 1. The Balaban J connectivity index is 2.28. The molecule has 0 saturated heterocycles. The fourth-order valence-corrected chi connectivity index (χ4v) is 1.69. The molecule has 0 aliphatic carbocycles. The van der Waals surface area contributed by atoms with Gasteiger partial charge in [-0.1, -0.05) is 12.1 Å². The Bertz CT molecular complexity index is 659. The summed E-state index contributed by atoms with van der Waals surface area (Å²) < 4.78 is 18.8. The number of hydrogen-bond acceptors (Lipinski definition) is 4. The summed E-state index contributed by atoms with van der Waals surface area (Å²) in [7, 11) is 1.47. The Hall–Kier alpha value is -2.50. The fourth-order valence-electron chi connectivity index (χ4n) is 1.69. The van der Waals surface area contributed by atoms with Crippen molar-refractivity contribution in [2.24, 2.45) is 0 Å². The molecule has 0 spiro atoms. The van der Waals surface area contributed by atoms with Crippen molar-refractivity contribution >= 4 is 11.9 Å². The average Bonchev–Trinajstić information content (AvgIpc) is 2.41. The Morgan fingerprint density at radius 3 is 2.75 bits per heavy atom. The molecule has 0 saturated carbocycles. The summed E-state index contributed by atoms with van der Waals surface area (Å²) in [6.07, 6.45) is 0. The Morgan fingerprint density at radius 2 is 2.05 bits per heavy atom. The van der Waals surface area contributed by atoms with Gasteiger partial charge < -0.3 is 4.74 Å². The van der Waals surface area contributed by atoms with Crippen LogP contribution in [0.1, 0.15) is 21.6 Å². The summed E-state index contributed by atoms with van der Waals surface area (Å²) in [5, 5.41) is 2.46. The van der Waals surface area contributed by atoms with Crippen LogP contribution in [0.2, 0.25) is 0 Å². The number of carbonyl (C=O) groups excluding carboxylic acids is 1. The summed E-state index contributed by atoms with van der Waals surface area (Å²) in [5.74, 6) is -0.742. The van der Waals surface area contributed by atoms with Crippen LogP contribution in [-0.4, -0.2) is 23.0 Å². The maximum absolute atomic E-state index is 13.9. The Morgan fingerprint density at radius 1 is 1.30 bits per heavy atom. The minimum Gasteiger partial charge on any atom is -0.481 e. The molecular weight excluding hydrogens is 261 g/mol. The highest BCUT2D eigenvalue weighted by Gasteiger charge is 2.15. The van der Waals surface area contributed by atoms with Crippen LogP contribution in [0.4, 0.5) is 10.3 Å². The van der Waals surface area contributed by atoms with E-state index >= 15 is 0 Å². The van der Waals surface area contributed by atoms with Gasteiger partial charge in [-0.3, -0.25) is 10.1 Å². The first-order valence-electron chi connectivity index (χ1n) is 5.97. The maximum Gasteiger partial charge on any atom is 0.261 e. The zero-order valence-electron chi connectivity index (χ0n) is 11.4. The SMILES string of the molecule is COc1cc(C)nc(NC(=O)c2cccc(C)c2F)n1. The highest BCUT2D eigenvalue weighted by molar-refractivity contribution is 6.03. The maximum atomic E-state index is 13.9. The summed E-state index contributed by atoms with van der Waals surface area (Å²) in [4.78, 5) is 20.1. The van der Waals surface area contributed by atoms with E-state index < -0.39 is 11.7 Å². The fraction of sp³-hybridized carbons (Fsp3) is 0.214. The monoisotopic (exact) mass is 275 g/mol. The van der Waals surface area contributed by atoms with E-state index in [1.165, 1.54) is 13.2 Å². The molecule has 6 heteroatoms. The minimum atomic E-state index is -0.598. The predicted molar refractivity (Wildman–Crippen MR) is 72.4 cm³/mol. The van der Waals surface area contributed by atoms with E-state index in [-0.39, 0.29) is 11.5 Å². The van der Waals surface area contributed by atoms with Gasteiger partial charge >= 0.3 is 0 Å². The molecule has 5 nitrogen and oxygen atoms in total. The van der Waals surface area contributed by atoms with Gasteiger partial charge in [-0.05, 0) is 25.5 Å². The van der Waals surface area contributed by atoms with Gasteiger partial charge in [0.25, 0.3) is 5.91 Å². The molecule has 0 fully saturated rings. The zero-order chi connectivity index (χ0) is 14.7. The molecule has 1 amide bonds. The van der Waals surface area contributed by atoms with Crippen molar-refractivity contribution in [3.05, 3.63) is 46.9 Å². The largest absolute Gasteiger partial charge is 0.481 e. The standard InChI is InChI=1S/C14H14FN3O2/c1-8-5-4-6-10(12(8)15)13(19)18-14-16-9(2)7-11(17-14)20-3/h4-7H,1-3H3,(H,16,17,18,19). The number of nitrogens with one attached hydrogen (secondary N) is 1. The van der Waals surface area contributed by atoms with E-state index in [1.54, 1.807) is 32.0 Å². The molecule has 20 heavy (non-hydrogen) atoms. The second-order valence-corrected chi connectivity index (χ2v) is 4.27. The molecule has 0 atom stereocenters. The van der Waals surface area contributed by atoms with E-state index in [0.29, 0.717) is 17.1 Å². The van der Waals surface area contributed by atoms with Crippen LogP contribution >= 0.6 is 0 Å². The summed E-state index contributed by atoms with van der Waals surface area (Å²) in [6, 6.07) is 6.25. The van der Waals surface area contributed by atoms with E-state index in [9.17, 15) is 9.18 Å². The number of halogens is 1. The summed E-state index contributed by atoms with van der Waals surface area (Å²) in [6.45, 7) is 3.34. The smallest absolute Gasteiger partial charge is 0.261 e. The molecule has 0 unspecified atom stereocenters. The van der Waals surface area contributed by atoms with Gasteiger partial charge in [0.1, 0.15) is 5.82 Å². The van der Waals surface area contributed by atoms with Crippen LogP contribution in [0.25, 0.3) is 0 Å². The van der Waals surface area contributed by atoms with E-state index in [2.05, 4.69) is 15.3 Å². The van der Waals surface area contributed by atoms with Crippen LogP contribution in [0, 0.1) is 19.7 Å². The van der Waals surface area contributed by atoms with Crippen LogP contribution in [0.5, 0.6) is 5.88 Å². The van der Waals surface area contributed by atoms with Crippen molar-refractivity contribution in [2.75, 3.05) is 12.4 Å². The van der Waals surface area contributed by atoms with Crippen molar-refractivity contribution in [1.82, 2.24) is 9.97 Å². The molecule has 1 aromatic heterocycles. The Kier molecular flexibility index (Phi) is 3.93. The number of amides is 1. The first-order valence-corrected chi connectivity index (χ1v) is 5.97. The van der Waals surface area contributed by atoms with Gasteiger partial charge in [0.15, 0.2) is 0 Å². The lowest BCUT2D eigenvalue weighted by atomic mass is 10.1. The highest BCUT2D eigenvalue weighted by atomic mass is 19.1. The second-order valence-electron chi connectivity index (χ2n) is 4.27. The third-order valence-corrected chi connectivity index (χ3v) is 2.70. The van der Waals surface area contributed by atoms with Crippen molar-refractivity contribution < 1.29 is 13.9 Å². The van der Waals surface area contributed by atoms with E-state index in [0.717, 1.165) is 0 Å². The molecule has 2 rings (SSSR count). The number of methoxy groups -OCH3 is 1. The van der Waals surface area contributed by atoms with Crippen molar-refractivity contribution in [1.29, 1.82) is 0 Å². The van der Waals surface area contributed by atoms with Crippen molar-refractivity contribution in [3.63, 3.8) is 0 Å². The molecule has 1 heterocycles. The molecule has 1 aromatic carbocycles. The first-order chi connectivity index (χ1) is 9.51. The predicted octanol–water partition coefficient (Wildman–Crippen LogP) is 2.49. The topological polar surface area (TPSA) is 64.1 Å². The number of carbonyl (C=O) groups is 1.